The molecule has 1 aromatic carbocycles. The van der Waals surface area contributed by atoms with Gasteiger partial charge in [-0.2, -0.15) is 5.10 Å². The molecule has 84 valence electrons. The van der Waals surface area contributed by atoms with Crippen molar-refractivity contribution in [1.82, 2.24) is 9.78 Å². The highest BCUT2D eigenvalue weighted by molar-refractivity contribution is 5.83. The van der Waals surface area contributed by atoms with E-state index in [1.54, 1.807) is 29.9 Å². The van der Waals surface area contributed by atoms with Crippen molar-refractivity contribution in [2.75, 3.05) is 0 Å². The largest absolute Gasteiger partial charge is 0.508 e. The summed E-state index contributed by atoms with van der Waals surface area (Å²) in [5.74, 6) is -0.684. The van der Waals surface area contributed by atoms with E-state index in [2.05, 4.69) is 5.10 Å². The lowest BCUT2D eigenvalue weighted by molar-refractivity contribution is -0.136. The van der Waals surface area contributed by atoms with Crippen LogP contribution in [0.2, 0.25) is 0 Å². The van der Waals surface area contributed by atoms with Crippen LogP contribution in [0.3, 0.4) is 0 Å². The molecular weight excluding hydrogens is 208 g/mol. The molecule has 5 heteroatoms. The first-order valence-electron chi connectivity index (χ1n) is 4.94. The number of phenolic OH excluding ortho intramolecular Hbond substituents is 1. The number of aliphatic carboxylic acids is 1. The molecule has 0 spiro atoms. The number of carbonyl (C=O) groups is 1. The van der Waals surface area contributed by atoms with Crippen LogP contribution in [0.5, 0.6) is 5.75 Å². The fourth-order valence-electron chi connectivity index (χ4n) is 1.74. The molecule has 0 unspecified atom stereocenters. The highest BCUT2D eigenvalue weighted by atomic mass is 16.4. The van der Waals surface area contributed by atoms with Gasteiger partial charge in [0.2, 0.25) is 0 Å². The van der Waals surface area contributed by atoms with Gasteiger partial charge in [-0.25, -0.2) is 0 Å². The van der Waals surface area contributed by atoms with Crippen molar-refractivity contribution < 1.29 is 15.0 Å². The number of nitrogens with zero attached hydrogens (tertiary/aromatic N) is 2. The van der Waals surface area contributed by atoms with Crippen LogP contribution in [-0.4, -0.2) is 26.0 Å². The van der Waals surface area contributed by atoms with Crippen LogP contribution < -0.4 is 0 Å². The number of carboxylic acid groups (broad SMARTS) is 1. The van der Waals surface area contributed by atoms with Crippen LogP contribution in [-0.2, 0) is 18.3 Å². The first kappa shape index (κ1) is 10.5. The maximum Gasteiger partial charge on any atom is 0.303 e. The van der Waals surface area contributed by atoms with E-state index in [1.807, 2.05) is 0 Å². The average Bonchev–Trinajstić information content (AvgIpc) is 2.52. The van der Waals surface area contributed by atoms with Gasteiger partial charge < -0.3 is 10.2 Å². The highest BCUT2D eigenvalue weighted by Crippen LogP contribution is 2.23. The quantitative estimate of drug-likeness (QED) is 0.817. The Morgan fingerprint density at radius 2 is 2.25 bits per heavy atom. The molecule has 0 aliphatic carbocycles. The fraction of sp³-hybridized carbons (Fsp3) is 0.273. The predicted molar refractivity (Wildman–Crippen MR) is 58.3 cm³/mol. The number of aryl methyl sites for hydroxylation is 2. The summed E-state index contributed by atoms with van der Waals surface area (Å²) in [6, 6.07) is 4.96. The van der Waals surface area contributed by atoms with E-state index in [9.17, 15) is 9.90 Å². The summed E-state index contributed by atoms with van der Waals surface area (Å²) in [7, 11) is 1.80. The molecule has 0 aliphatic rings. The van der Waals surface area contributed by atoms with Crippen molar-refractivity contribution in [3.8, 4) is 5.75 Å². The van der Waals surface area contributed by atoms with Gasteiger partial charge >= 0.3 is 5.97 Å². The van der Waals surface area contributed by atoms with Gasteiger partial charge in [-0.3, -0.25) is 9.48 Å². The molecule has 1 heterocycles. The second-order valence-corrected chi connectivity index (χ2v) is 3.67. The van der Waals surface area contributed by atoms with Gasteiger partial charge in [0, 0.05) is 18.9 Å². The molecule has 2 N–H and O–H groups in total. The van der Waals surface area contributed by atoms with Crippen LogP contribution in [0.1, 0.15) is 12.1 Å². The zero-order valence-corrected chi connectivity index (χ0v) is 8.84. The predicted octanol–water partition coefficient (Wildman–Crippen LogP) is 1.30. The third kappa shape index (κ3) is 1.84. The van der Waals surface area contributed by atoms with Crippen molar-refractivity contribution in [1.29, 1.82) is 0 Å². The molecule has 0 aliphatic heterocycles. The van der Waals surface area contributed by atoms with E-state index in [4.69, 9.17) is 5.11 Å². The van der Waals surface area contributed by atoms with Crippen LogP contribution in [0.25, 0.3) is 10.9 Å². The Bertz CT molecular complexity index is 545. The molecule has 0 saturated carbocycles. The third-order valence-corrected chi connectivity index (χ3v) is 2.49. The standard InChI is InChI=1S/C11H12N2O3/c1-13-10-4-2-7(14)6-8(10)9(12-13)3-5-11(15)16/h2,4,6,14H,3,5H2,1H3,(H,15,16). The first-order valence-corrected chi connectivity index (χ1v) is 4.94. The second kappa shape index (κ2) is 3.84. The van der Waals surface area contributed by atoms with E-state index < -0.39 is 5.97 Å². The van der Waals surface area contributed by atoms with Crippen LogP contribution >= 0.6 is 0 Å². The van der Waals surface area contributed by atoms with E-state index in [1.165, 1.54) is 0 Å². The lowest BCUT2D eigenvalue weighted by Gasteiger charge is -1.95. The number of aromatic hydroxyl groups is 1. The van der Waals surface area contributed by atoms with Gasteiger partial charge in [-0.05, 0) is 18.2 Å². The van der Waals surface area contributed by atoms with Crippen molar-refractivity contribution in [3.63, 3.8) is 0 Å². The van der Waals surface area contributed by atoms with Crippen molar-refractivity contribution >= 4 is 16.9 Å². The van der Waals surface area contributed by atoms with Crippen molar-refractivity contribution in [2.24, 2.45) is 7.05 Å². The van der Waals surface area contributed by atoms with E-state index in [-0.39, 0.29) is 12.2 Å². The Morgan fingerprint density at radius 3 is 2.94 bits per heavy atom. The Hall–Kier alpha value is -2.04. The SMILES string of the molecule is Cn1nc(CCC(=O)O)c2cc(O)ccc21. The summed E-state index contributed by atoms with van der Waals surface area (Å²) in [6.45, 7) is 0. The Labute approximate surface area is 91.9 Å². The molecule has 2 aromatic rings. The first-order chi connectivity index (χ1) is 7.58. The molecule has 0 fully saturated rings. The minimum Gasteiger partial charge on any atom is -0.508 e. The van der Waals surface area contributed by atoms with E-state index in [0.29, 0.717) is 12.1 Å². The van der Waals surface area contributed by atoms with E-state index in [0.717, 1.165) is 10.9 Å². The van der Waals surface area contributed by atoms with E-state index >= 15 is 0 Å². The summed E-state index contributed by atoms with van der Waals surface area (Å²) < 4.78 is 1.69. The summed E-state index contributed by atoms with van der Waals surface area (Å²) in [5.41, 5.74) is 1.59. The number of hydrogen-bond donors (Lipinski definition) is 2. The van der Waals surface area contributed by atoms with Gasteiger partial charge in [0.15, 0.2) is 0 Å². The van der Waals surface area contributed by atoms with Gasteiger partial charge in [-0.15, -0.1) is 0 Å². The molecule has 0 bridgehead atoms. The molecule has 0 amide bonds. The summed E-state index contributed by atoms with van der Waals surface area (Å²) >= 11 is 0. The maximum absolute atomic E-state index is 10.5. The number of rotatable bonds is 3. The summed E-state index contributed by atoms with van der Waals surface area (Å²) in [4.78, 5) is 10.5. The van der Waals surface area contributed by atoms with Gasteiger partial charge in [0.25, 0.3) is 0 Å². The lowest BCUT2D eigenvalue weighted by atomic mass is 10.1. The third-order valence-electron chi connectivity index (χ3n) is 2.49. The fourth-order valence-corrected chi connectivity index (χ4v) is 1.74. The lowest BCUT2D eigenvalue weighted by Crippen LogP contribution is -1.99. The van der Waals surface area contributed by atoms with Gasteiger partial charge in [0.05, 0.1) is 17.6 Å². The molecular formula is C11H12N2O3. The number of hydrogen-bond acceptors (Lipinski definition) is 3. The number of fused-ring (bicyclic) bond motifs is 1. The van der Waals surface area contributed by atoms with Crippen LogP contribution in [0.15, 0.2) is 18.2 Å². The zero-order chi connectivity index (χ0) is 11.7. The Balaban J connectivity index is 2.44. The minimum atomic E-state index is -0.848. The summed E-state index contributed by atoms with van der Waals surface area (Å²) in [5, 5.41) is 23.1. The molecule has 16 heavy (non-hydrogen) atoms. The second-order valence-electron chi connectivity index (χ2n) is 3.67. The van der Waals surface area contributed by atoms with Crippen LogP contribution in [0.4, 0.5) is 0 Å². The Kier molecular flexibility index (Phi) is 2.52. The van der Waals surface area contributed by atoms with Gasteiger partial charge in [0.1, 0.15) is 5.75 Å². The molecule has 0 saturated heterocycles. The number of carboxylic acids is 1. The van der Waals surface area contributed by atoms with Crippen LogP contribution in [0, 0.1) is 0 Å². The number of benzene rings is 1. The van der Waals surface area contributed by atoms with Gasteiger partial charge in [-0.1, -0.05) is 0 Å². The molecule has 1 aromatic heterocycles. The molecule has 0 radical (unpaired) electrons. The average molecular weight is 220 g/mol. The smallest absolute Gasteiger partial charge is 0.303 e. The normalized spacial score (nSPS) is 10.8. The highest BCUT2D eigenvalue weighted by Gasteiger charge is 2.10. The number of phenols is 1. The molecule has 5 nitrogen and oxygen atoms in total. The minimum absolute atomic E-state index is 0.0434. The maximum atomic E-state index is 10.5. The Morgan fingerprint density at radius 1 is 1.50 bits per heavy atom. The van der Waals surface area contributed by atoms with Crippen molar-refractivity contribution in [3.05, 3.63) is 23.9 Å². The zero-order valence-electron chi connectivity index (χ0n) is 8.84. The molecule has 2 rings (SSSR count). The topological polar surface area (TPSA) is 75.4 Å². The monoisotopic (exact) mass is 220 g/mol. The van der Waals surface area contributed by atoms with Crippen molar-refractivity contribution in [2.45, 2.75) is 12.8 Å². The number of aromatic nitrogens is 2. The molecule has 0 atom stereocenters. The summed E-state index contributed by atoms with van der Waals surface area (Å²) in [6.07, 6.45) is 0.415.